The highest BCUT2D eigenvalue weighted by Crippen LogP contribution is 2.28. The Morgan fingerprint density at radius 3 is 2.42 bits per heavy atom. The van der Waals surface area contributed by atoms with Crippen LogP contribution in [0.2, 0.25) is 0 Å². The first kappa shape index (κ1) is 21.7. The molecule has 0 bridgehead atoms. The smallest absolute Gasteiger partial charge is 0.292 e. The Morgan fingerprint density at radius 1 is 1.00 bits per heavy atom. The number of nitrogens with one attached hydrogen (secondary N) is 2. The zero-order chi connectivity index (χ0) is 23.2. The second kappa shape index (κ2) is 9.73. The van der Waals surface area contributed by atoms with Gasteiger partial charge in [-0.3, -0.25) is 14.9 Å². The van der Waals surface area contributed by atoms with Crippen molar-refractivity contribution in [3.63, 3.8) is 0 Å². The molecule has 1 heterocycles. The summed E-state index contributed by atoms with van der Waals surface area (Å²) in [5.74, 6) is -0.340. The monoisotopic (exact) mass is 445 g/mol. The molecule has 9 heteroatoms. The van der Waals surface area contributed by atoms with Crippen LogP contribution in [0.25, 0.3) is 11.3 Å². The van der Waals surface area contributed by atoms with Crippen LogP contribution in [0.15, 0.2) is 85.2 Å². The number of nitro groups is 1. The van der Waals surface area contributed by atoms with Crippen molar-refractivity contribution < 1.29 is 14.1 Å². The molecule has 1 amide bonds. The highest BCUT2D eigenvalue weighted by atomic mass is 19.1. The number of amides is 1. The molecule has 3 aromatic carbocycles. The summed E-state index contributed by atoms with van der Waals surface area (Å²) in [6.07, 6.45) is 1.61. The number of para-hydroxylation sites is 2. The highest BCUT2D eigenvalue weighted by Gasteiger charge is 2.18. The van der Waals surface area contributed by atoms with Gasteiger partial charge in [-0.05, 0) is 35.9 Å². The Labute approximate surface area is 188 Å². The average Bonchev–Trinajstić information content (AvgIpc) is 3.20. The van der Waals surface area contributed by atoms with Crippen molar-refractivity contribution in [2.24, 2.45) is 0 Å². The van der Waals surface area contributed by atoms with Crippen LogP contribution in [0.5, 0.6) is 0 Å². The standard InChI is InChI=1S/C24H20FN5O3/c25-19-12-10-18(11-13-19)23-24(29(16-27-23)15-17-6-2-1-3-7-17)28-22(31)14-26-20-8-4-5-9-21(20)30(32)33/h1-13,16,26H,14-15H2,(H,28,31). The van der Waals surface area contributed by atoms with Gasteiger partial charge in [-0.25, -0.2) is 9.37 Å². The number of nitrogens with zero attached hydrogens (tertiary/aromatic N) is 3. The predicted molar refractivity (Wildman–Crippen MR) is 123 cm³/mol. The molecule has 2 N–H and O–H groups in total. The first-order valence-corrected chi connectivity index (χ1v) is 10.1. The van der Waals surface area contributed by atoms with E-state index in [4.69, 9.17) is 0 Å². The van der Waals surface area contributed by atoms with Crippen molar-refractivity contribution >= 4 is 23.1 Å². The number of carbonyl (C=O) groups excluding carboxylic acids is 1. The first-order chi connectivity index (χ1) is 16.0. The second-order valence-corrected chi connectivity index (χ2v) is 7.24. The van der Waals surface area contributed by atoms with Gasteiger partial charge in [0.25, 0.3) is 5.69 Å². The number of imidazole rings is 1. The minimum absolute atomic E-state index is 0.119. The van der Waals surface area contributed by atoms with E-state index in [1.807, 2.05) is 30.3 Å². The first-order valence-electron chi connectivity index (χ1n) is 10.1. The summed E-state index contributed by atoms with van der Waals surface area (Å²) in [5, 5.41) is 16.8. The maximum absolute atomic E-state index is 13.4. The molecule has 8 nitrogen and oxygen atoms in total. The van der Waals surface area contributed by atoms with Crippen molar-refractivity contribution in [3.8, 4) is 11.3 Å². The maximum atomic E-state index is 13.4. The van der Waals surface area contributed by atoms with Gasteiger partial charge in [-0.1, -0.05) is 42.5 Å². The summed E-state index contributed by atoms with van der Waals surface area (Å²) in [7, 11) is 0. The zero-order valence-corrected chi connectivity index (χ0v) is 17.4. The van der Waals surface area contributed by atoms with Crippen molar-refractivity contribution in [1.82, 2.24) is 9.55 Å². The van der Waals surface area contributed by atoms with Crippen LogP contribution in [0.4, 0.5) is 21.6 Å². The van der Waals surface area contributed by atoms with E-state index in [9.17, 15) is 19.3 Å². The molecule has 0 atom stereocenters. The number of aromatic nitrogens is 2. The summed E-state index contributed by atoms with van der Waals surface area (Å²) >= 11 is 0. The molecule has 166 valence electrons. The lowest BCUT2D eigenvalue weighted by Gasteiger charge is -2.13. The van der Waals surface area contributed by atoms with Crippen molar-refractivity contribution in [2.75, 3.05) is 17.2 Å². The van der Waals surface area contributed by atoms with Crippen molar-refractivity contribution in [1.29, 1.82) is 0 Å². The van der Waals surface area contributed by atoms with E-state index in [0.29, 0.717) is 23.6 Å². The maximum Gasteiger partial charge on any atom is 0.292 e. The normalized spacial score (nSPS) is 10.6. The number of rotatable bonds is 8. The lowest BCUT2D eigenvalue weighted by Crippen LogP contribution is -2.24. The van der Waals surface area contributed by atoms with Gasteiger partial charge in [0, 0.05) is 11.6 Å². The summed E-state index contributed by atoms with van der Waals surface area (Å²) in [5.41, 5.74) is 2.27. The van der Waals surface area contributed by atoms with E-state index in [2.05, 4.69) is 15.6 Å². The minimum Gasteiger partial charge on any atom is -0.371 e. The molecule has 0 saturated heterocycles. The highest BCUT2D eigenvalue weighted by molar-refractivity contribution is 5.96. The van der Waals surface area contributed by atoms with Crippen molar-refractivity contribution in [2.45, 2.75) is 6.54 Å². The van der Waals surface area contributed by atoms with Crippen molar-refractivity contribution in [3.05, 3.63) is 107 Å². The number of carbonyl (C=O) groups is 1. The molecule has 0 aliphatic carbocycles. The number of halogens is 1. The Bertz CT molecular complexity index is 1270. The number of nitro benzene ring substituents is 1. The van der Waals surface area contributed by atoms with E-state index in [1.54, 1.807) is 35.2 Å². The molecule has 0 unspecified atom stereocenters. The SMILES string of the molecule is O=C(CNc1ccccc1[N+](=O)[O-])Nc1c(-c2ccc(F)cc2)ncn1Cc1ccccc1. The molecular formula is C24H20FN5O3. The van der Waals surface area contributed by atoms with Gasteiger partial charge in [-0.15, -0.1) is 0 Å². The number of hydrogen-bond donors (Lipinski definition) is 2. The third-order valence-corrected chi connectivity index (χ3v) is 4.95. The number of benzene rings is 3. The van der Waals surface area contributed by atoms with Crippen LogP contribution >= 0.6 is 0 Å². The Kier molecular flexibility index (Phi) is 6.40. The van der Waals surface area contributed by atoms with Crippen LogP contribution in [-0.2, 0) is 11.3 Å². The molecule has 0 saturated carbocycles. The Hall–Kier alpha value is -4.53. The summed E-state index contributed by atoms with van der Waals surface area (Å²) < 4.78 is 15.2. The fourth-order valence-corrected chi connectivity index (χ4v) is 3.37. The molecule has 4 aromatic rings. The molecule has 0 spiro atoms. The molecule has 4 rings (SSSR count). The fraction of sp³-hybridized carbons (Fsp3) is 0.0833. The quantitative estimate of drug-likeness (QED) is 0.302. The molecule has 0 aliphatic rings. The Balaban J connectivity index is 1.58. The summed E-state index contributed by atoms with van der Waals surface area (Å²) in [4.78, 5) is 27.9. The van der Waals surface area contributed by atoms with Crippen LogP contribution in [0, 0.1) is 15.9 Å². The van der Waals surface area contributed by atoms with E-state index in [1.165, 1.54) is 24.3 Å². The average molecular weight is 445 g/mol. The topological polar surface area (TPSA) is 102 Å². The van der Waals surface area contributed by atoms with Gasteiger partial charge in [0.2, 0.25) is 5.91 Å². The third-order valence-electron chi connectivity index (χ3n) is 4.95. The summed E-state index contributed by atoms with van der Waals surface area (Å²) in [6, 6.07) is 21.6. The van der Waals surface area contributed by atoms with E-state index in [-0.39, 0.29) is 23.7 Å². The third kappa shape index (κ3) is 5.21. The fourth-order valence-electron chi connectivity index (χ4n) is 3.37. The van der Waals surface area contributed by atoms with Gasteiger partial charge in [-0.2, -0.15) is 0 Å². The lowest BCUT2D eigenvalue weighted by atomic mass is 10.1. The molecule has 0 radical (unpaired) electrons. The summed E-state index contributed by atoms with van der Waals surface area (Å²) in [6.45, 7) is 0.270. The van der Waals surface area contributed by atoms with Gasteiger partial charge in [0.15, 0.2) is 0 Å². The van der Waals surface area contributed by atoms with Gasteiger partial charge >= 0.3 is 0 Å². The number of anilines is 2. The van der Waals surface area contributed by atoms with Crippen LogP contribution in [-0.4, -0.2) is 26.9 Å². The molecule has 0 aliphatic heterocycles. The second-order valence-electron chi connectivity index (χ2n) is 7.24. The predicted octanol–water partition coefficient (Wildman–Crippen LogP) is 4.70. The van der Waals surface area contributed by atoms with E-state index < -0.39 is 10.8 Å². The Morgan fingerprint density at radius 2 is 1.70 bits per heavy atom. The molecule has 33 heavy (non-hydrogen) atoms. The minimum atomic E-state index is -0.512. The van der Waals surface area contributed by atoms with E-state index in [0.717, 1.165) is 5.56 Å². The van der Waals surface area contributed by atoms with Crippen LogP contribution in [0.1, 0.15) is 5.56 Å². The molecule has 0 fully saturated rings. The zero-order valence-electron chi connectivity index (χ0n) is 17.4. The van der Waals surface area contributed by atoms with Crippen LogP contribution < -0.4 is 10.6 Å². The van der Waals surface area contributed by atoms with Gasteiger partial charge in [0.05, 0.1) is 24.3 Å². The van der Waals surface area contributed by atoms with Crippen LogP contribution in [0.3, 0.4) is 0 Å². The van der Waals surface area contributed by atoms with Gasteiger partial charge in [0.1, 0.15) is 23.0 Å². The molecular weight excluding hydrogens is 425 g/mol. The van der Waals surface area contributed by atoms with Gasteiger partial charge < -0.3 is 15.2 Å². The largest absolute Gasteiger partial charge is 0.371 e. The van der Waals surface area contributed by atoms with E-state index >= 15 is 0 Å². The lowest BCUT2D eigenvalue weighted by molar-refractivity contribution is -0.383. The number of hydrogen-bond acceptors (Lipinski definition) is 5. The molecule has 1 aromatic heterocycles.